The minimum absolute atomic E-state index is 0.161. The number of ether oxygens (including phenoxy) is 1. The largest absolute Gasteiger partial charge is 0.385 e. The molecule has 5 nitrogen and oxygen atoms in total. The molecule has 0 unspecified atom stereocenters. The highest BCUT2D eigenvalue weighted by Crippen LogP contribution is 2.46. The first-order chi connectivity index (χ1) is 10.6. The minimum Gasteiger partial charge on any atom is -0.385 e. The third kappa shape index (κ3) is 3.85. The lowest BCUT2D eigenvalue weighted by atomic mass is 10.0. The number of hydrogen-bond donors (Lipinski definition) is 2. The van der Waals surface area contributed by atoms with E-state index >= 15 is 0 Å². The number of methoxy groups -OCH3 is 1. The van der Waals surface area contributed by atoms with Gasteiger partial charge in [-0.1, -0.05) is 24.3 Å². The number of hydrogen-bond acceptors (Lipinski definition) is 3. The molecule has 1 aliphatic carbocycles. The van der Waals surface area contributed by atoms with E-state index in [0.717, 1.165) is 17.5 Å². The van der Waals surface area contributed by atoms with Crippen molar-refractivity contribution in [1.82, 2.24) is 10.6 Å². The van der Waals surface area contributed by atoms with Gasteiger partial charge in [-0.25, -0.2) is 0 Å². The predicted octanol–water partition coefficient (Wildman–Crippen LogP) is 1.54. The Morgan fingerprint density at radius 1 is 1.18 bits per heavy atom. The third-order valence-electron chi connectivity index (χ3n) is 4.13. The Bertz CT molecular complexity index is 538. The van der Waals surface area contributed by atoms with Crippen molar-refractivity contribution in [1.29, 1.82) is 0 Å². The summed E-state index contributed by atoms with van der Waals surface area (Å²) in [6, 6.07) is 7.91. The number of amides is 2. The van der Waals surface area contributed by atoms with Crippen molar-refractivity contribution < 1.29 is 14.3 Å². The summed E-state index contributed by atoms with van der Waals surface area (Å²) in [6.45, 7) is 3.62. The Balaban J connectivity index is 1.83. The van der Waals surface area contributed by atoms with Gasteiger partial charge in [-0.3, -0.25) is 9.59 Å². The maximum Gasteiger partial charge on any atom is 0.235 e. The van der Waals surface area contributed by atoms with E-state index in [1.165, 1.54) is 0 Å². The van der Waals surface area contributed by atoms with Crippen molar-refractivity contribution in [3.63, 3.8) is 0 Å². The normalized spacial score (nSPS) is 15.2. The monoisotopic (exact) mass is 304 g/mol. The van der Waals surface area contributed by atoms with Gasteiger partial charge >= 0.3 is 0 Å². The van der Waals surface area contributed by atoms with Gasteiger partial charge in [-0.2, -0.15) is 0 Å². The number of rotatable bonds is 8. The molecule has 0 radical (unpaired) electrons. The van der Waals surface area contributed by atoms with Crippen molar-refractivity contribution in [2.45, 2.75) is 32.7 Å². The van der Waals surface area contributed by atoms with Gasteiger partial charge in [0.25, 0.3) is 0 Å². The smallest absolute Gasteiger partial charge is 0.235 e. The maximum atomic E-state index is 12.3. The molecule has 0 spiro atoms. The molecule has 0 aliphatic heterocycles. The van der Waals surface area contributed by atoms with Gasteiger partial charge in [-0.15, -0.1) is 0 Å². The second kappa shape index (κ2) is 7.40. The minimum atomic E-state index is -0.851. The summed E-state index contributed by atoms with van der Waals surface area (Å²) in [7, 11) is 1.63. The van der Waals surface area contributed by atoms with Gasteiger partial charge in [0.1, 0.15) is 5.41 Å². The van der Waals surface area contributed by atoms with Gasteiger partial charge in [0.2, 0.25) is 11.8 Å². The first-order valence-electron chi connectivity index (χ1n) is 7.70. The van der Waals surface area contributed by atoms with Crippen LogP contribution in [0.15, 0.2) is 24.3 Å². The maximum absolute atomic E-state index is 12.3. The van der Waals surface area contributed by atoms with Crippen LogP contribution < -0.4 is 10.6 Å². The summed E-state index contributed by atoms with van der Waals surface area (Å²) in [5, 5.41) is 5.73. The Morgan fingerprint density at radius 2 is 1.86 bits per heavy atom. The van der Waals surface area contributed by atoms with Crippen LogP contribution in [-0.2, 0) is 20.9 Å². The van der Waals surface area contributed by atoms with E-state index in [9.17, 15) is 9.59 Å². The molecule has 120 valence electrons. The van der Waals surface area contributed by atoms with Crippen LogP contribution in [0.3, 0.4) is 0 Å². The molecular weight excluding hydrogens is 280 g/mol. The SMILES string of the molecule is COCCCNC(=O)C1(C(=O)NCc2ccccc2C)CC1. The van der Waals surface area contributed by atoms with Crippen LogP contribution in [0.4, 0.5) is 0 Å². The molecule has 0 bridgehead atoms. The first kappa shape index (κ1) is 16.5. The Kier molecular flexibility index (Phi) is 5.55. The van der Waals surface area contributed by atoms with Gasteiger partial charge in [0.15, 0.2) is 0 Å². The Hall–Kier alpha value is -1.88. The quantitative estimate of drug-likeness (QED) is 0.565. The van der Waals surface area contributed by atoms with E-state index in [2.05, 4.69) is 10.6 Å². The number of benzene rings is 1. The summed E-state index contributed by atoms with van der Waals surface area (Å²) in [4.78, 5) is 24.5. The van der Waals surface area contributed by atoms with E-state index < -0.39 is 5.41 Å². The number of nitrogens with one attached hydrogen (secondary N) is 2. The zero-order valence-electron chi connectivity index (χ0n) is 13.3. The van der Waals surface area contributed by atoms with Gasteiger partial charge < -0.3 is 15.4 Å². The summed E-state index contributed by atoms with van der Waals surface area (Å²) in [5.41, 5.74) is 1.36. The van der Waals surface area contributed by atoms with Gasteiger partial charge in [0, 0.05) is 26.8 Å². The highest BCUT2D eigenvalue weighted by molar-refractivity contribution is 6.07. The van der Waals surface area contributed by atoms with Crippen LogP contribution >= 0.6 is 0 Å². The standard InChI is InChI=1S/C17H24N2O3/c1-13-6-3-4-7-14(13)12-19-16(21)17(8-9-17)15(20)18-10-5-11-22-2/h3-4,6-7H,5,8-12H2,1-2H3,(H,18,20)(H,19,21). The molecule has 0 atom stereocenters. The molecule has 2 amide bonds. The second-order valence-corrected chi connectivity index (χ2v) is 5.79. The van der Waals surface area contributed by atoms with Crippen LogP contribution in [0.25, 0.3) is 0 Å². The fraction of sp³-hybridized carbons (Fsp3) is 0.529. The van der Waals surface area contributed by atoms with Crippen LogP contribution in [0.1, 0.15) is 30.4 Å². The lowest BCUT2D eigenvalue weighted by molar-refractivity contribution is -0.137. The van der Waals surface area contributed by atoms with Crippen molar-refractivity contribution in [2.24, 2.45) is 5.41 Å². The van der Waals surface area contributed by atoms with Crippen molar-refractivity contribution in [2.75, 3.05) is 20.3 Å². The molecule has 1 aromatic rings. The molecule has 5 heteroatoms. The number of carbonyl (C=O) groups excluding carboxylic acids is 2. The van der Waals surface area contributed by atoms with Crippen LogP contribution in [0.5, 0.6) is 0 Å². The van der Waals surface area contributed by atoms with Gasteiger partial charge in [0.05, 0.1) is 0 Å². The zero-order valence-corrected chi connectivity index (χ0v) is 13.3. The molecule has 1 aliphatic rings. The Labute approximate surface area is 131 Å². The lowest BCUT2D eigenvalue weighted by Gasteiger charge is -2.16. The van der Waals surface area contributed by atoms with E-state index in [1.54, 1.807) is 7.11 Å². The van der Waals surface area contributed by atoms with E-state index in [0.29, 0.717) is 32.5 Å². The molecule has 1 aromatic carbocycles. The zero-order chi connectivity index (χ0) is 16.0. The molecular formula is C17H24N2O3. The summed E-state index contributed by atoms with van der Waals surface area (Å²) in [6.07, 6.45) is 2.01. The van der Waals surface area contributed by atoms with Crippen LogP contribution in [-0.4, -0.2) is 32.1 Å². The van der Waals surface area contributed by atoms with Crippen LogP contribution in [0.2, 0.25) is 0 Å². The van der Waals surface area contributed by atoms with Crippen LogP contribution in [0, 0.1) is 12.3 Å². The molecule has 0 aromatic heterocycles. The highest BCUT2D eigenvalue weighted by atomic mass is 16.5. The second-order valence-electron chi connectivity index (χ2n) is 5.79. The van der Waals surface area contributed by atoms with Crippen molar-refractivity contribution >= 4 is 11.8 Å². The van der Waals surface area contributed by atoms with E-state index in [-0.39, 0.29) is 11.8 Å². The molecule has 1 fully saturated rings. The molecule has 1 saturated carbocycles. The number of aryl methyl sites for hydroxylation is 1. The summed E-state index contributed by atoms with van der Waals surface area (Å²) in [5.74, 6) is -0.328. The van der Waals surface area contributed by atoms with Crippen molar-refractivity contribution in [3.8, 4) is 0 Å². The Morgan fingerprint density at radius 3 is 2.50 bits per heavy atom. The predicted molar refractivity (Wildman–Crippen MR) is 84.2 cm³/mol. The molecule has 0 saturated heterocycles. The molecule has 22 heavy (non-hydrogen) atoms. The molecule has 2 rings (SSSR count). The highest BCUT2D eigenvalue weighted by Gasteiger charge is 2.56. The van der Waals surface area contributed by atoms with Crippen molar-refractivity contribution in [3.05, 3.63) is 35.4 Å². The van der Waals surface area contributed by atoms with E-state index in [4.69, 9.17) is 4.74 Å². The van der Waals surface area contributed by atoms with Gasteiger partial charge in [-0.05, 0) is 37.3 Å². The number of carbonyl (C=O) groups is 2. The topological polar surface area (TPSA) is 67.4 Å². The third-order valence-corrected chi connectivity index (χ3v) is 4.13. The fourth-order valence-corrected chi connectivity index (χ4v) is 2.42. The first-order valence-corrected chi connectivity index (χ1v) is 7.70. The molecule has 2 N–H and O–H groups in total. The van der Waals surface area contributed by atoms with E-state index in [1.807, 2.05) is 31.2 Å². The average molecular weight is 304 g/mol. The lowest BCUT2D eigenvalue weighted by Crippen LogP contribution is -2.43. The summed E-state index contributed by atoms with van der Waals surface area (Å²) >= 11 is 0. The average Bonchev–Trinajstić information content (AvgIpc) is 3.32. The fourth-order valence-electron chi connectivity index (χ4n) is 2.42. The summed E-state index contributed by atoms with van der Waals surface area (Å²) < 4.78 is 4.94. The molecule has 0 heterocycles.